The Balaban J connectivity index is 2.43. The third-order valence-electron chi connectivity index (χ3n) is 2.84. The summed E-state index contributed by atoms with van der Waals surface area (Å²) in [7, 11) is 1.77. The van der Waals surface area contributed by atoms with E-state index in [9.17, 15) is 9.59 Å². The molecule has 1 saturated heterocycles. The van der Waals surface area contributed by atoms with E-state index in [0.717, 1.165) is 0 Å². The number of carbonyl (C=O) groups excluding carboxylic acids is 2. The molecule has 1 unspecified atom stereocenters. The number of nitrogens with zero attached hydrogens (tertiary/aromatic N) is 2. The molecule has 1 atom stereocenters. The van der Waals surface area contributed by atoms with Crippen LogP contribution < -0.4 is 5.32 Å². The monoisotopic (exact) mass is 213 g/mol. The van der Waals surface area contributed by atoms with Gasteiger partial charge in [0.15, 0.2) is 0 Å². The van der Waals surface area contributed by atoms with Crippen LogP contribution >= 0.6 is 0 Å². The minimum atomic E-state index is -0.145. The summed E-state index contributed by atoms with van der Waals surface area (Å²) in [5, 5.41) is 2.92. The van der Waals surface area contributed by atoms with Crippen LogP contribution in [-0.2, 0) is 9.59 Å². The number of carbonyl (C=O) groups is 2. The molecule has 5 nitrogen and oxygen atoms in total. The van der Waals surface area contributed by atoms with Crippen LogP contribution in [-0.4, -0.2) is 60.9 Å². The first-order chi connectivity index (χ1) is 7.06. The molecule has 15 heavy (non-hydrogen) atoms. The molecule has 0 radical (unpaired) electrons. The lowest BCUT2D eigenvalue weighted by atomic mass is 10.2. The molecule has 0 spiro atoms. The van der Waals surface area contributed by atoms with Crippen LogP contribution in [0, 0.1) is 0 Å². The smallest absolute Gasteiger partial charge is 0.239 e. The van der Waals surface area contributed by atoms with Gasteiger partial charge in [-0.2, -0.15) is 0 Å². The molecule has 1 aliphatic rings. The number of nitrogens with one attached hydrogen (secondary N) is 1. The molecule has 2 amide bonds. The van der Waals surface area contributed by atoms with Crippen LogP contribution in [0.25, 0.3) is 0 Å². The van der Waals surface area contributed by atoms with Gasteiger partial charge in [0.2, 0.25) is 11.8 Å². The van der Waals surface area contributed by atoms with Crippen molar-refractivity contribution < 1.29 is 9.59 Å². The number of rotatable bonds is 2. The average molecular weight is 213 g/mol. The van der Waals surface area contributed by atoms with E-state index in [-0.39, 0.29) is 17.9 Å². The number of likely N-dealkylation sites (N-methyl/N-ethyl adjacent to an activating group) is 1. The van der Waals surface area contributed by atoms with Crippen molar-refractivity contribution in [3.63, 3.8) is 0 Å². The van der Waals surface area contributed by atoms with Crippen molar-refractivity contribution in [2.75, 3.05) is 33.2 Å². The zero-order valence-corrected chi connectivity index (χ0v) is 9.62. The van der Waals surface area contributed by atoms with Gasteiger partial charge in [-0.05, 0) is 14.0 Å². The van der Waals surface area contributed by atoms with Gasteiger partial charge in [0, 0.05) is 33.1 Å². The van der Waals surface area contributed by atoms with E-state index in [2.05, 4.69) is 5.32 Å². The molecule has 86 valence electrons. The highest BCUT2D eigenvalue weighted by Gasteiger charge is 2.24. The summed E-state index contributed by atoms with van der Waals surface area (Å²) in [6.07, 6.45) is 0. The Hall–Kier alpha value is -1.10. The van der Waals surface area contributed by atoms with Crippen LogP contribution in [0.5, 0.6) is 0 Å². The Kier molecular flexibility index (Phi) is 4.08. The highest BCUT2D eigenvalue weighted by Crippen LogP contribution is 2.03. The van der Waals surface area contributed by atoms with Crippen LogP contribution in [0.3, 0.4) is 0 Å². The van der Waals surface area contributed by atoms with E-state index in [1.807, 2.05) is 6.92 Å². The molecular weight excluding hydrogens is 194 g/mol. The van der Waals surface area contributed by atoms with Crippen LogP contribution in [0.2, 0.25) is 0 Å². The molecule has 5 heteroatoms. The standard InChI is InChI=1S/C10H19N3O2/c1-8(11-3)10(15)13-6-4-12(5-7-13)9(2)14/h8,11H,4-7H2,1-3H3. The van der Waals surface area contributed by atoms with Crippen molar-refractivity contribution in [2.45, 2.75) is 19.9 Å². The second kappa shape index (κ2) is 5.11. The van der Waals surface area contributed by atoms with Crippen molar-refractivity contribution in [3.8, 4) is 0 Å². The minimum Gasteiger partial charge on any atom is -0.339 e. The van der Waals surface area contributed by atoms with E-state index in [4.69, 9.17) is 0 Å². The second-order valence-corrected chi connectivity index (χ2v) is 3.84. The van der Waals surface area contributed by atoms with Gasteiger partial charge in [-0.3, -0.25) is 9.59 Å². The lowest BCUT2D eigenvalue weighted by Gasteiger charge is -2.35. The predicted molar refractivity (Wildman–Crippen MR) is 57.4 cm³/mol. The Labute approximate surface area is 90.4 Å². The Morgan fingerprint density at radius 2 is 1.60 bits per heavy atom. The quantitative estimate of drug-likeness (QED) is 0.659. The first kappa shape index (κ1) is 12.0. The summed E-state index contributed by atoms with van der Waals surface area (Å²) in [6, 6.07) is -0.145. The zero-order chi connectivity index (χ0) is 11.4. The fourth-order valence-electron chi connectivity index (χ4n) is 1.64. The van der Waals surface area contributed by atoms with E-state index >= 15 is 0 Å². The summed E-state index contributed by atoms with van der Waals surface area (Å²) in [4.78, 5) is 26.4. The molecule has 0 saturated carbocycles. The van der Waals surface area contributed by atoms with Gasteiger partial charge in [-0.25, -0.2) is 0 Å². The molecule has 1 rings (SSSR count). The maximum absolute atomic E-state index is 11.8. The maximum Gasteiger partial charge on any atom is 0.239 e. The fraction of sp³-hybridized carbons (Fsp3) is 0.800. The molecule has 1 fully saturated rings. The zero-order valence-electron chi connectivity index (χ0n) is 9.62. The van der Waals surface area contributed by atoms with Crippen LogP contribution in [0.15, 0.2) is 0 Å². The first-order valence-electron chi connectivity index (χ1n) is 5.28. The van der Waals surface area contributed by atoms with Gasteiger partial charge in [0.1, 0.15) is 0 Å². The molecule has 0 aromatic carbocycles. The van der Waals surface area contributed by atoms with Gasteiger partial charge in [-0.1, -0.05) is 0 Å². The minimum absolute atomic E-state index is 0.0868. The molecule has 0 aromatic rings. The highest BCUT2D eigenvalue weighted by atomic mass is 16.2. The van der Waals surface area contributed by atoms with Gasteiger partial charge >= 0.3 is 0 Å². The van der Waals surface area contributed by atoms with Crippen molar-refractivity contribution in [2.24, 2.45) is 0 Å². The maximum atomic E-state index is 11.8. The summed E-state index contributed by atoms with van der Waals surface area (Å²) >= 11 is 0. The Morgan fingerprint density at radius 1 is 1.13 bits per heavy atom. The van der Waals surface area contributed by atoms with Crippen molar-refractivity contribution >= 4 is 11.8 Å². The normalized spacial score (nSPS) is 18.9. The first-order valence-corrected chi connectivity index (χ1v) is 5.28. The molecule has 0 aliphatic carbocycles. The molecule has 1 heterocycles. The molecule has 0 bridgehead atoms. The largest absolute Gasteiger partial charge is 0.339 e. The van der Waals surface area contributed by atoms with Crippen molar-refractivity contribution in [3.05, 3.63) is 0 Å². The Bertz CT molecular complexity index is 247. The third-order valence-corrected chi connectivity index (χ3v) is 2.84. The highest BCUT2D eigenvalue weighted by molar-refractivity contribution is 5.82. The predicted octanol–water partition coefficient (Wildman–Crippen LogP) is -0.715. The number of amides is 2. The molecule has 1 aliphatic heterocycles. The second-order valence-electron chi connectivity index (χ2n) is 3.84. The molecular formula is C10H19N3O2. The summed E-state index contributed by atoms with van der Waals surface area (Å²) in [5.74, 6) is 0.199. The Morgan fingerprint density at radius 3 is 2.00 bits per heavy atom. The topological polar surface area (TPSA) is 52.7 Å². The number of hydrogen-bond donors (Lipinski definition) is 1. The van der Waals surface area contributed by atoms with Gasteiger partial charge in [0.05, 0.1) is 6.04 Å². The summed E-state index contributed by atoms with van der Waals surface area (Å²) < 4.78 is 0. The van der Waals surface area contributed by atoms with E-state index in [0.29, 0.717) is 26.2 Å². The molecule has 0 aromatic heterocycles. The lowest BCUT2D eigenvalue weighted by Crippen LogP contribution is -2.53. The van der Waals surface area contributed by atoms with E-state index in [1.165, 1.54) is 0 Å². The lowest BCUT2D eigenvalue weighted by molar-refractivity contribution is -0.139. The summed E-state index contributed by atoms with van der Waals surface area (Å²) in [5.41, 5.74) is 0. The van der Waals surface area contributed by atoms with Crippen molar-refractivity contribution in [1.29, 1.82) is 0 Å². The van der Waals surface area contributed by atoms with Crippen LogP contribution in [0.1, 0.15) is 13.8 Å². The van der Waals surface area contributed by atoms with Crippen LogP contribution in [0.4, 0.5) is 0 Å². The van der Waals surface area contributed by atoms with E-state index < -0.39 is 0 Å². The van der Waals surface area contributed by atoms with Gasteiger partial charge in [0.25, 0.3) is 0 Å². The van der Waals surface area contributed by atoms with Gasteiger partial charge in [-0.15, -0.1) is 0 Å². The molecule has 1 N–H and O–H groups in total. The number of piperazine rings is 1. The van der Waals surface area contributed by atoms with Crippen molar-refractivity contribution in [1.82, 2.24) is 15.1 Å². The summed E-state index contributed by atoms with van der Waals surface area (Å²) in [6.45, 7) is 6.00. The van der Waals surface area contributed by atoms with E-state index in [1.54, 1.807) is 23.8 Å². The third kappa shape index (κ3) is 2.92. The SMILES string of the molecule is CNC(C)C(=O)N1CCN(C(C)=O)CC1. The number of hydrogen-bond acceptors (Lipinski definition) is 3. The van der Waals surface area contributed by atoms with Gasteiger partial charge < -0.3 is 15.1 Å². The average Bonchev–Trinajstić information content (AvgIpc) is 2.27. The fourth-order valence-corrected chi connectivity index (χ4v) is 1.64.